The smallest absolute Gasteiger partial charge is 0.126 e. The summed E-state index contributed by atoms with van der Waals surface area (Å²) < 4.78 is 5.39. The van der Waals surface area contributed by atoms with Crippen LogP contribution in [0.2, 0.25) is 0 Å². The predicted molar refractivity (Wildman–Crippen MR) is 74.3 cm³/mol. The summed E-state index contributed by atoms with van der Waals surface area (Å²) in [6.45, 7) is 7.35. The number of benzene rings is 1. The van der Waals surface area contributed by atoms with E-state index < -0.39 is 6.10 Å². The maximum atomic E-state index is 10.0. The molecule has 1 atom stereocenters. The van der Waals surface area contributed by atoms with Gasteiger partial charge in [-0.05, 0) is 45.7 Å². The summed E-state index contributed by atoms with van der Waals surface area (Å²) in [7, 11) is 1.65. The summed E-state index contributed by atoms with van der Waals surface area (Å²) in [6.07, 6.45) is 1.86. The van der Waals surface area contributed by atoms with Crippen molar-refractivity contribution in [2.24, 2.45) is 0 Å². The van der Waals surface area contributed by atoms with Gasteiger partial charge in [-0.15, -0.1) is 0 Å². The van der Waals surface area contributed by atoms with Crippen LogP contribution < -0.4 is 9.64 Å². The number of nitrogens with zero attached hydrogens (tertiary/aromatic N) is 1. The van der Waals surface area contributed by atoms with Gasteiger partial charge in [-0.3, -0.25) is 0 Å². The van der Waals surface area contributed by atoms with Crippen LogP contribution in [0.15, 0.2) is 18.2 Å². The van der Waals surface area contributed by atoms with Crippen molar-refractivity contribution in [1.82, 2.24) is 0 Å². The van der Waals surface area contributed by atoms with E-state index in [1.807, 2.05) is 12.1 Å². The molecule has 100 valence electrons. The van der Waals surface area contributed by atoms with Crippen molar-refractivity contribution in [3.8, 4) is 5.75 Å². The van der Waals surface area contributed by atoms with Crippen molar-refractivity contribution in [3.63, 3.8) is 0 Å². The summed E-state index contributed by atoms with van der Waals surface area (Å²) in [5.74, 6) is 0.769. The first-order valence-corrected chi connectivity index (χ1v) is 6.60. The minimum atomic E-state index is -0.521. The van der Waals surface area contributed by atoms with E-state index in [1.54, 1.807) is 14.0 Å². The van der Waals surface area contributed by atoms with Crippen molar-refractivity contribution in [1.29, 1.82) is 0 Å². The number of anilines is 1. The zero-order valence-corrected chi connectivity index (χ0v) is 11.7. The molecule has 0 bridgehead atoms. The Labute approximate surface area is 109 Å². The molecule has 0 amide bonds. The van der Waals surface area contributed by atoms with Crippen molar-refractivity contribution in [2.75, 3.05) is 18.6 Å². The molecule has 2 rings (SSSR count). The molecule has 3 heteroatoms. The van der Waals surface area contributed by atoms with E-state index in [0.717, 1.165) is 23.5 Å². The molecule has 0 aromatic heterocycles. The van der Waals surface area contributed by atoms with E-state index in [4.69, 9.17) is 4.74 Å². The molecular formula is C15H23NO2. The lowest BCUT2D eigenvalue weighted by Crippen LogP contribution is -2.38. The zero-order valence-electron chi connectivity index (χ0n) is 11.7. The van der Waals surface area contributed by atoms with Crippen LogP contribution in [-0.2, 0) is 0 Å². The number of methoxy groups -OCH3 is 1. The molecule has 18 heavy (non-hydrogen) atoms. The van der Waals surface area contributed by atoms with Crippen LogP contribution in [0.1, 0.15) is 45.3 Å². The molecule has 1 aliphatic rings. The summed E-state index contributed by atoms with van der Waals surface area (Å²) in [6, 6.07) is 5.99. The third-order valence-electron chi connectivity index (χ3n) is 3.87. The van der Waals surface area contributed by atoms with Gasteiger partial charge in [0.05, 0.1) is 13.2 Å². The van der Waals surface area contributed by atoms with Gasteiger partial charge < -0.3 is 14.7 Å². The SMILES string of the molecule is COc1cccc(N2CCCC2(C)C)c1[C@@H](C)O. The fourth-order valence-electron chi connectivity index (χ4n) is 2.92. The van der Waals surface area contributed by atoms with Crippen LogP contribution in [0, 0.1) is 0 Å². The van der Waals surface area contributed by atoms with Crippen LogP contribution in [0.5, 0.6) is 5.75 Å². The molecule has 0 spiro atoms. The van der Waals surface area contributed by atoms with E-state index >= 15 is 0 Å². The van der Waals surface area contributed by atoms with E-state index in [9.17, 15) is 5.11 Å². The van der Waals surface area contributed by atoms with E-state index in [0.29, 0.717) is 0 Å². The zero-order chi connectivity index (χ0) is 13.3. The number of ether oxygens (including phenoxy) is 1. The first kappa shape index (κ1) is 13.2. The molecule has 0 saturated carbocycles. The largest absolute Gasteiger partial charge is 0.496 e. The molecule has 3 nitrogen and oxygen atoms in total. The highest BCUT2D eigenvalue weighted by molar-refractivity contribution is 5.62. The van der Waals surface area contributed by atoms with Crippen molar-refractivity contribution in [3.05, 3.63) is 23.8 Å². The van der Waals surface area contributed by atoms with Crippen LogP contribution in [0.3, 0.4) is 0 Å². The van der Waals surface area contributed by atoms with Crippen LogP contribution >= 0.6 is 0 Å². The Kier molecular flexibility index (Phi) is 3.53. The van der Waals surface area contributed by atoms with Gasteiger partial charge in [-0.2, -0.15) is 0 Å². The van der Waals surface area contributed by atoms with Gasteiger partial charge in [0.1, 0.15) is 5.75 Å². The van der Waals surface area contributed by atoms with E-state index in [1.165, 1.54) is 12.8 Å². The van der Waals surface area contributed by atoms with Crippen LogP contribution in [0.4, 0.5) is 5.69 Å². The molecule has 1 aromatic carbocycles. The highest BCUT2D eigenvalue weighted by atomic mass is 16.5. The number of hydrogen-bond donors (Lipinski definition) is 1. The third kappa shape index (κ3) is 2.19. The number of hydrogen-bond acceptors (Lipinski definition) is 3. The average Bonchev–Trinajstić information content (AvgIpc) is 2.67. The topological polar surface area (TPSA) is 32.7 Å². The highest BCUT2D eigenvalue weighted by Gasteiger charge is 2.34. The Balaban J connectivity index is 2.50. The van der Waals surface area contributed by atoms with E-state index in [-0.39, 0.29) is 5.54 Å². The second-order valence-corrected chi connectivity index (χ2v) is 5.64. The van der Waals surface area contributed by atoms with Gasteiger partial charge in [-0.1, -0.05) is 6.07 Å². The molecule has 1 fully saturated rings. The maximum Gasteiger partial charge on any atom is 0.126 e. The van der Waals surface area contributed by atoms with Gasteiger partial charge in [0.15, 0.2) is 0 Å². The van der Waals surface area contributed by atoms with Crippen LogP contribution in [0.25, 0.3) is 0 Å². The average molecular weight is 249 g/mol. The predicted octanol–water partition coefficient (Wildman–Crippen LogP) is 3.13. The molecule has 1 N–H and O–H groups in total. The Bertz CT molecular complexity index is 427. The van der Waals surface area contributed by atoms with Crippen molar-refractivity contribution < 1.29 is 9.84 Å². The standard InChI is InChI=1S/C15H23NO2/c1-11(17)14-12(7-5-8-13(14)18-4)16-10-6-9-15(16,2)3/h5,7-8,11,17H,6,9-10H2,1-4H3/t11-/m1/s1. The lowest BCUT2D eigenvalue weighted by atomic mass is 9.99. The Morgan fingerprint density at radius 1 is 1.39 bits per heavy atom. The number of aliphatic hydroxyl groups is 1. The Hall–Kier alpha value is -1.22. The second-order valence-electron chi connectivity index (χ2n) is 5.64. The van der Waals surface area contributed by atoms with E-state index in [2.05, 4.69) is 24.8 Å². The second kappa shape index (κ2) is 4.81. The molecule has 1 aromatic rings. The summed E-state index contributed by atoms with van der Waals surface area (Å²) in [5, 5.41) is 10.0. The molecular weight excluding hydrogens is 226 g/mol. The number of aliphatic hydroxyl groups excluding tert-OH is 1. The lowest BCUT2D eigenvalue weighted by molar-refractivity contribution is 0.194. The van der Waals surface area contributed by atoms with Gasteiger partial charge >= 0.3 is 0 Å². The fourth-order valence-corrected chi connectivity index (χ4v) is 2.92. The first-order valence-electron chi connectivity index (χ1n) is 6.60. The maximum absolute atomic E-state index is 10.0. The summed E-state index contributed by atoms with van der Waals surface area (Å²) in [5.41, 5.74) is 2.15. The first-order chi connectivity index (χ1) is 8.47. The Morgan fingerprint density at radius 2 is 2.11 bits per heavy atom. The van der Waals surface area contributed by atoms with Gasteiger partial charge in [0.2, 0.25) is 0 Å². The highest BCUT2D eigenvalue weighted by Crippen LogP contribution is 2.41. The van der Waals surface area contributed by atoms with Gasteiger partial charge in [-0.25, -0.2) is 0 Å². The van der Waals surface area contributed by atoms with Gasteiger partial charge in [0.25, 0.3) is 0 Å². The quantitative estimate of drug-likeness (QED) is 0.893. The third-order valence-corrected chi connectivity index (χ3v) is 3.87. The monoisotopic (exact) mass is 249 g/mol. The van der Waals surface area contributed by atoms with Crippen molar-refractivity contribution >= 4 is 5.69 Å². The summed E-state index contributed by atoms with van der Waals surface area (Å²) in [4.78, 5) is 2.39. The number of rotatable bonds is 3. The minimum absolute atomic E-state index is 0.149. The molecule has 0 unspecified atom stereocenters. The molecule has 1 saturated heterocycles. The molecule has 0 radical (unpaired) electrons. The fraction of sp³-hybridized carbons (Fsp3) is 0.600. The van der Waals surface area contributed by atoms with Crippen LogP contribution in [-0.4, -0.2) is 24.3 Å². The summed E-state index contributed by atoms with van der Waals surface area (Å²) >= 11 is 0. The van der Waals surface area contributed by atoms with Gasteiger partial charge in [0, 0.05) is 23.3 Å². The lowest BCUT2D eigenvalue weighted by Gasteiger charge is -2.36. The molecule has 0 aliphatic carbocycles. The molecule has 1 aliphatic heterocycles. The normalized spacial score (nSPS) is 19.9. The van der Waals surface area contributed by atoms with Crippen molar-refractivity contribution in [2.45, 2.75) is 45.3 Å². The Morgan fingerprint density at radius 3 is 2.61 bits per heavy atom. The molecule has 1 heterocycles. The minimum Gasteiger partial charge on any atom is -0.496 e.